The molecule has 316 valence electrons. The summed E-state index contributed by atoms with van der Waals surface area (Å²) in [5.74, 6) is -10.4. The average Bonchev–Trinajstić information content (AvgIpc) is 3.43. The molecule has 0 radical (unpaired) electrons. The highest BCUT2D eigenvalue weighted by Gasteiger charge is 2.92. The maximum Gasteiger partial charge on any atom is 0.338 e. The number of ether oxygens (including phenoxy) is 5. The number of carbonyl (C=O) groups excluding carboxylic acids is 4. The summed E-state index contributed by atoms with van der Waals surface area (Å²) in [6, 6.07) is -0.288. The number of fused-ring (bicyclic) bond motifs is 5. The fraction of sp³-hybridized carbons (Fsp3) is 0.902. The number of aliphatic hydroxyl groups is 5. The van der Waals surface area contributed by atoms with Crippen molar-refractivity contribution < 1.29 is 68.4 Å². The Kier molecular flexibility index (Phi) is 10.1. The van der Waals surface area contributed by atoms with Gasteiger partial charge in [-0.3, -0.25) is 19.3 Å². The van der Waals surface area contributed by atoms with E-state index in [0.717, 1.165) is 20.3 Å². The number of piperidine rings is 2. The van der Waals surface area contributed by atoms with Gasteiger partial charge < -0.3 is 49.2 Å². The van der Waals surface area contributed by atoms with E-state index < -0.39 is 124 Å². The molecule has 4 bridgehead atoms. The van der Waals surface area contributed by atoms with E-state index in [-0.39, 0.29) is 31.7 Å². The van der Waals surface area contributed by atoms with Gasteiger partial charge in [0.1, 0.15) is 17.3 Å². The minimum atomic E-state index is -2.44. The Bertz CT molecular complexity index is 1620. The minimum Gasteiger partial charge on any atom is -0.459 e. The number of esters is 4. The van der Waals surface area contributed by atoms with Gasteiger partial charge in [-0.25, -0.2) is 4.79 Å². The van der Waals surface area contributed by atoms with Crippen LogP contribution < -0.4 is 0 Å². The van der Waals surface area contributed by atoms with Crippen LogP contribution in [0.15, 0.2) is 0 Å². The van der Waals surface area contributed by atoms with E-state index in [2.05, 4.69) is 11.8 Å². The first-order valence-electron chi connectivity index (χ1n) is 20.7. The van der Waals surface area contributed by atoms with Gasteiger partial charge in [-0.2, -0.15) is 0 Å². The van der Waals surface area contributed by atoms with Gasteiger partial charge in [-0.1, -0.05) is 34.6 Å². The smallest absolute Gasteiger partial charge is 0.338 e. The molecule has 0 aromatic carbocycles. The number of carbonyl (C=O) groups is 4. The highest BCUT2D eigenvalue weighted by molar-refractivity contribution is 5.79. The predicted molar refractivity (Wildman–Crippen MR) is 195 cm³/mol. The third-order valence-corrected chi connectivity index (χ3v) is 16.0. The molecule has 3 saturated heterocycles. The lowest BCUT2D eigenvalue weighted by Crippen LogP contribution is -2.79. The van der Waals surface area contributed by atoms with Gasteiger partial charge in [0, 0.05) is 50.2 Å². The Morgan fingerprint density at radius 1 is 0.911 bits per heavy atom. The van der Waals surface area contributed by atoms with Crippen LogP contribution in [0.2, 0.25) is 0 Å². The Balaban J connectivity index is 1.45. The molecule has 5 N–H and O–H groups in total. The average molecular weight is 794 g/mol. The standard InChI is InChI=1S/C41H63NO14/c1-10-20(4)34(46)55-30-28-23(24-18-42-17-19(3)12-13-25(42)38(9,49)27(24)29(30)45)16-39-36(7)15-14-26(54-35(47)37(8,48)11-2)41(51,56-39)32(36)31(52-21(5)43)33(40(28,39)50)53-22(6)44/h19-20,23-33,45,48-51H,10-18H2,1-9H3. The molecule has 15 heteroatoms. The first-order chi connectivity index (χ1) is 26.0. The zero-order chi connectivity index (χ0) is 41.3. The molecule has 0 aromatic rings. The third-order valence-electron chi connectivity index (χ3n) is 16.0. The normalized spacial score (nSPS) is 50.5. The Morgan fingerprint density at radius 3 is 2.18 bits per heavy atom. The summed E-state index contributed by atoms with van der Waals surface area (Å²) in [5.41, 5.74) is -8.83. The molecule has 7 fully saturated rings. The van der Waals surface area contributed by atoms with Crippen LogP contribution in [0.3, 0.4) is 0 Å². The second-order valence-corrected chi connectivity index (χ2v) is 19.2. The predicted octanol–water partition coefficient (Wildman–Crippen LogP) is 1.61. The van der Waals surface area contributed by atoms with E-state index in [0.29, 0.717) is 31.8 Å². The first kappa shape index (κ1) is 41.7. The highest BCUT2D eigenvalue weighted by atomic mass is 16.7. The lowest BCUT2D eigenvalue weighted by Gasteiger charge is -2.63. The maximum atomic E-state index is 14.0. The van der Waals surface area contributed by atoms with Crippen molar-refractivity contribution in [3.8, 4) is 0 Å². The number of aliphatic hydroxyl groups excluding tert-OH is 1. The molecule has 56 heavy (non-hydrogen) atoms. The minimum absolute atomic E-state index is 0.0107. The Hall–Kier alpha value is -2.40. The second kappa shape index (κ2) is 13.6. The first-order valence-corrected chi connectivity index (χ1v) is 20.7. The molecule has 3 heterocycles. The molecule has 0 amide bonds. The Labute approximate surface area is 328 Å². The second-order valence-electron chi connectivity index (χ2n) is 19.2. The fourth-order valence-corrected chi connectivity index (χ4v) is 13.1. The highest BCUT2D eigenvalue weighted by Crippen LogP contribution is 2.78. The largest absolute Gasteiger partial charge is 0.459 e. The molecule has 7 rings (SSSR count). The van der Waals surface area contributed by atoms with Gasteiger partial charge in [0.15, 0.2) is 23.9 Å². The van der Waals surface area contributed by atoms with Crippen LogP contribution in [0.1, 0.15) is 107 Å². The number of nitrogens with zero attached hydrogens (tertiary/aromatic N) is 1. The lowest BCUT2D eigenvalue weighted by atomic mass is 9.47. The summed E-state index contributed by atoms with van der Waals surface area (Å²) in [4.78, 5) is 55.6. The monoisotopic (exact) mass is 793 g/mol. The van der Waals surface area contributed by atoms with Gasteiger partial charge in [-0.15, -0.1) is 0 Å². The van der Waals surface area contributed by atoms with E-state index in [1.165, 1.54) is 6.92 Å². The SMILES string of the molecule is CCC(C)C(=O)OC1C(O)C2C(CN3CC(C)CCC3C2(C)O)C2CC34OC5(O)C(OC(=O)C(C)(O)CC)CCC3(C)C5C(OC(C)=O)C(OC(C)=O)C4(O)C21. The zero-order valence-electron chi connectivity index (χ0n) is 34.2. The van der Waals surface area contributed by atoms with Gasteiger partial charge in [0.2, 0.25) is 5.79 Å². The molecule has 3 aliphatic heterocycles. The van der Waals surface area contributed by atoms with Crippen molar-refractivity contribution in [2.45, 2.75) is 172 Å². The van der Waals surface area contributed by atoms with Gasteiger partial charge in [-0.05, 0) is 76.5 Å². The van der Waals surface area contributed by atoms with Crippen molar-refractivity contribution in [1.29, 1.82) is 0 Å². The van der Waals surface area contributed by atoms with E-state index >= 15 is 0 Å². The summed E-state index contributed by atoms with van der Waals surface area (Å²) in [5, 5.41) is 63.1. The topological polar surface area (TPSA) is 219 Å². The lowest BCUT2D eigenvalue weighted by molar-refractivity contribution is -0.315. The number of hydrogen-bond acceptors (Lipinski definition) is 15. The van der Waals surface area contributed by atoms with Gasteiger partial charge in [0.25, 0.3) is 0 Å². The summed E-state index contributed by atoms with van der Waals surface area (Å²) in [6.07, 6.45) is -5.39. The van der Waals surface area contributed by atoms with E-state index in [1.807, 2.05) is 13.8 Å². The Morgan fingerprint density at radius 2 is 1.57 bits per heavy atom. The molecule has 15 nitrogen and oxygen atoms in total. The van der Waals surface area contributed by atoms with Gasteiger partial charge >= 0.3 is 23.9 Å². The summed E-state index contributed by atoms with van der Waals surface area (Å²) >= 11 is 0. The van der Waals surface area contributed by atoms with E-state index in [1.54, 1.807) is 20.8 Å². The fourth-order valence-electron chi connectivity index (χ4n) is 13.1. The van der Waals surface area contributed by atoms with Crippen LogP contribution in [0.4, 0.5) is 0 Å². The zero-order valence-corrected chi connectivity index (χ0v) is 34.2. The van der Waals surface area contributed by atoms with Crippen LogP contribution in [0.25, 0.3) is 0 Å². The van der Waals surface area contributed by atoms with Gasteiger partial charge in [0.05, 0.1) is 23.5 Å². The van der Waals surface area contributed by atoms with Crippen LogP contribution in [0, 0.1) is 46.8 Å². The molecule has 1 spiro atoms. The van der Waals surface area contributed by atoms with E-state index in [9.17, 15) is 44.7 Å². The van der Waals surface area contributed by atoms with Crippen molar-refractivity contribution >= 4 is 23.9 Å². The van der Waals surface area contributed by atoms with Crippen molar-refractivity contribution in [3.63, 3.8) is 0 Å². The van der Waals surface area contributed by atoms with Crippen LogP contribution in [-0.2, 0) is 42.9 Å². The van der Waals surface area contributed by atoms with Crippen LogP contribution >= 0.6 is 0 Å². The molecule has 0 aromatic heterocycles. The van der Waals surface area contributed by atoms with Crippen LogP contribution in [0.5, 0.6) is 0 Å². The third kappa shape index (κ3) is 5.53. The van der Waals surface area contributed by atoms with Crippen molar-refractivity contribution in [1.82, 2.24) is 4.90 Å². The molecule has 4 saturated carbocycles. The molecule has 7 aliphatic rings. The molecular weight excluding hydrogens is 730 g/mol. The number of hydrogen-bond donors (Lipinski definition) is 5. The van der Waals surface area contributed by atoms with Crippen molar-refractivity contribution in [3.05, 3.63) is 0 Å². The maximum absolute atomic E-state index is 14.0. The molecule has 19 atom stereocenters. The summed E-state index contributed by atoms with van der Waals surface area (Å²) in [6.45, 7) is 15.5. The van der Waals surface area contributed by atoms with Crippen molar-refractivity contribution in [2.24, 2.45) is 46.8 Å². The molecule has 4 aliphatic carbocycles. The molecule has 19 unspecified atom stereocenters. The van der Waals surface area contributed by atoms with Crippen LogP contribution in [-0.4, -0.2) is 132 Å². The van der Waals surface area contributed by atoms with E-state index in [4.69, 9.17) is 23.7 Å². The van der Waals surface area contributed by atoms with Crippen molar-refractivity contribution in [2.75, 3.05) is 13.1 Å². The summed E-state index contributed by atoms with van der Waals surface area (Å²) in [7, 11) is 0. The molecular formula is C41H63NO14. The number of rotatable bonds is 8. The quantitative estimate of drug-likeness (QED) is 0.174. The summed E-state index contributed by atoms with van der Waals surface area (Å²) < 4.78 is 31.2.